The minimum Gasteiger partial charge on any atom is -0.455 e. The van der Waals surface area contributed by atoms with Crippen molar-refractivity contribution in [1.82, 2.24) is 0 Å². The molecule has 7 aromatic carbocycles. The molecule has 0 N–H and O–H groups in total. The summed E-state index contributed by atoms with van der Waals surface area (Å²) in [5.41, 5.74) is 17.9. The molecule has 0 amide bonds. The number of anilines is 3. The summed E-state index contributed by atoms with van der Waals surface area (Å²) in [7, 11) is 0. The molecule has 0 fully saturated rings. The van der Waals surface area contributed by atoms with Gasteiger partial charge in [-0.2, -0.15) is 0 Å². The number of hydrogen-bond acceptors (Lipinski definition) is 2. The average Bonchev–Trinajstić information content (AvgIpc) is 3.67. The number of nitrogens with zero attached hydrogens (tertiary/aromatic N) is 1. The molecule has 1 aliphatic rings. The molecule has 2 heteroatoms. The van der Waals surface area contributed by atoms with Gasteiger partial charge in [-0.25, -0.2) is 0 Å². The van der Waals surface area contributed by atoms with Crippen molar-refractivity contribution in [2.24, 2.45) is 0 Å². The van der Waals surface area contributed by atoms with Gasteiger partial charge in [0.05, 0.1) is 5.69 Å². The smallest absolute Gasteiger partial charge is 0.143 e. The number of fused-ring (bicyclic) bond motifs is 6. The summed E-state index contributed by atoms with van der Waals surface area (Å²) in [5, 5.41) is 2.29. The van der Waals surface area contributed by atoms with Crippen LogP contribution in [0.25, 0.3) is 55.3 Å². The Hall–Kier alpha value is -5.86. The van der Waals surface area contributed by atoms with Gasteiger partial charge >= 0.3 is 0 Å². The lowest BCUT2D eigenvalue weighted by Gasteiger charge is -2.32. The Morgan fingerprint density at radius 3 is 1.73 bits per heavy atom. The van der Waals surface area contributed by atoms with Crippen LogP contribution >= 0.6 is 0 Å². The van der Waals surface area contributed by atoms with Crippen LogP contribution in [0, 0.1) is 0 Å². The molecule has 0 unspecified atom stereocenters. The SMILES string of the molecule is CC(C)(C)c1ccc2c(c1)C(C)(C)c1cc(C(C)(C)C)cc(N(c3ccc(-c4ccccc4)cc3)c3ccc(-c4cccc5c4oc4ccccc45)cc3)c1-2. The molecule has 55 heavy (non-hydrogen) atoms. The van der Waals surface area contributed by atoms with Crippen molar-refractivity contribution in [2.75, 3.05) is 4.90 Å². The standard InChI is InChI=1S/C53H49NO/c1-51(2,3)37-25-30-44-45(31-37)53(7,8)46-32-38(52(4,5)6)33-47(49(44)46)54(39-26-21-35(22-27-39)34-15-10-9-11-16-34)40-28-23-36(24-29-40)41-18-14-19-43-42-17-12-13-20-48(42)55-50(41)43/h9-33H,1-8H3. The molecule has 0 bridgehead atoms. The van der Waals surface area contributed by atoms with Crippen molar-refractivity contribution in [3.63, 3.8) is 0 Å². The Bertz CT molecular complexity index is 2720. The lowest BCUT2D eigenvalue weighted by atomic mass is 9.77. The van der Waals surface area contributed by atoms with Gasteiger partial charge in [-0.3, -0.25) is 0 Å². The van der Waals surface area contributed by atoms with Crippen LogP contribution in [0.4, 0.5) is 17.1 Å². The van der Waals surface area contributed by atoms with Gasteiger partial charge in [-0.15, -0.1) is 0 Å². The van der Waals surface area contributed by atoms with Crippen LogP contribution in [-0.2, 0) is 16.2 Å². The molecule has 2 nitrogen and oxygen atoms in total. The first-order valence-corrected chi connectivity index (χ1v) is 19.6. The van der Waals surface area contributed by atoms with E-state index >= 15 is 0 Å². The summed E-state index contributed by atoms with van der Waals surface area (Å²) >= 11 is 0. The second-order valence-corrected chi connectivity index (χ2v) is 17.9. The van der Waals surface area contributed by atoms with E-state index in [1.807, 2.05) is 6.07 Å². The Morgan fingerprint density at radius 2 is 1.05 bits per heavy atom. The van der Waals surface area contributed by atoms with Gasteiger partial charge in [0, 0.05) is 38.7 Å². The fraction of sp³-hybridized carbons (Fsp3) is 0.208. The zero-order valence-corrected chi connectivity index (χ0v) is 33.3. The molecule has 1 aromatic heterocycles. The number of benzene rings is 7. The molecule has 0 aliphatic heterocycles. The van der Waals surface area contributed by atoms with Gasteiger partial charge < -0.3 is 9.32 Å². The molecule has 272 valence electrons. The van der Waals surface area contributed by atoms with E-state index in [1.54, 1.807) is 0 Å². The Kier molecular flexibility index (Phi) is 7.99. The monoisotopic (exact) mass is 715 g/mol. The third-order valence-corrected chi connectivity index (χ3v) is 11.8. The highest BCUT2D eigenvalue weighted by Crippen LogP contribution is 2.56. The Labute approximate surface area is 326 Å². The Morgan fingerprint density at radius 1 is 0.473 bits per heavy atom. The van der Waals surface area contributed by atoms with Gasteiger partial charge in [0.2, 0.25) is 0 Å². The summed E-state index contributed by atoms with van der Waals surface area (Å²) in [6.45, 7) is 18.7. The highest BCUT2D eigenvalue weighted by molar-refractivity contribution is 6.09. The second kappa shape index (κ2) is 12.6. The van der Waals surface area contributed by atoms with Crippen LogP contribution in [-0.4, -0.2) is 0 Å². The Balaban J connectivity index is 1.26. The molecule has 0 spiro atoms. The van der Waals surface area contributed by atoms with Crippen LogP contribution < -0.4 is 4.90 Å². The molecule has 1 aliphatic carbocycles. The topological polar surface area (TPSA) is 16.4 Å². The molecule has 8 aromatic rings. The first-order chi connectivity index (χ1) is 26.3. The molecular weight excluding hydrogens is 667 g/mol. The van der Waals surface area contributed by atoms with E-state index in [1.165, 1.54) is 50.2 Å². The zero-order valence-electron chi connectivity index (χ0n) is 33.3. The number of rotatable bonds is 5. The van der Waals surface area contributed by atoms with Gasteiger partial charge in [0.25, 0.3) is 0 Å². The largest absolute Gasteiger partial charge is 0.455 e. The lowest BCUT2D eigenvalue weighted by Crippen LogP contribution is -2.20. The maximum atomic E-state index is 6.47. The van der Waals surface area contributed by atoms with Crippen molar-refractivity contribution in [3.05, 3.63) is 174 Å². The van der Waals surface area contributed by atoms with Crippen LogP contribution in [0.1, 0.15) is 77.6 Å². The first-order valence-electron chi connectivity index (χ1n) is 19.6. The molecule has 0 atom stereocenters. The lowest BCUT2D eigenvalue weighted by molar-refractivity contribution is 0.580. The average molecular weight is 716 g/mol. The van der Waals surface area contributed by atoms with Crippen molar-refractivity contribution < 1.29 is 4.42 Å². The van der Waals surface area contributed by atoms with Gasteiger partial charge in [0.15, 0.2) is 0 Å². The third kappa shape index (κ3) is 5.87. The quantitative estimate of drug-likeness (QED) is 0.176. The van der Waals surface area contributed by atoms with E-state index in [0.29, 0.717) is 0 Å². The van der Waals surface area contributed by atoms with Gasteiger partial charge in [0.1, 0.15) is 11.2 Å². The molecule has 9 rings (SSSR count). The van der Waals surface area contributed by atoms with Crippen molar-refractivity contribution in [1.29, 1.82) is 0 Å². The summed E-state index contributed by atoms with van der Waals surface area (Å²) < 4.78 is 6.47. The maximum absolute atomic E-state index is 6.47. The van der Waals surface area contributed by atoms with Crippen molar-refractivity contribution in [3.8, 4) is 33.4 Å². The van der Waals surface area contributed by atoms with Crippen LogP contribution in [0.3, 0.4) is 0 Å². The third-order valence-electron chi connectivity index (χ3n) is 11.8. The number of para-hydroxylation sites is 2. The number of furan rings is 1. The van der Waals surface area contributed by atoms with E-state index in [0.717, 1.165) is 44.4 Å². The summed E-state index contributed by atoms with van der Waals surface area (Å²) in [4.78, 5) is 2.48. The number of hydrogen-bond donors (Lipinski definition) is 0. The highest BCUT2D eigenvalue weighted by Gasteiger charge is 2.40. The van der Waals surface area contributed by atoms with Crippen LogP contribution in [0.2, 0.25) is 0 Å². The van der Waals surface area contributed by atoms with E-state index in [4.69, 9.17) is 4.42 Å². The normalized spacial score (nSPS) is 13.6. The summed E-state index contributed by atoms with van der Waals surface area (Å²) in [6.07, 6.45) is 0. The predicted molar refractivity (Wildman–Crippen MR) is 234 cm³/mol. The zero-order chi connectivity index (χ0) is 38.3. The van der Waals surface area contributed by atoms with Crippen LogP contribution in [0.5, 0.6) is 0 Å². The van der Waals surface area contributed by atoms with E-state index < -0.39 is 0 Å². The van der Waals surface area contributed by atoms with Crippen LogP contribution in [0.15, 0.2) is 156 Å². The van der Waals surface area contributed by atoms with E-state index in [2.05, 4.69) is 206 Å². The predicted octanol–water partition coefficient (Wildman–Crippen LogP) is 15.3. The summed E-state index contributed by atoms with van der Waals surface area (Å²) in [6, 6.07) is 55.7. The first kappa shape index (κ1) is 34.9. The molecular formula is C53H49NO. The minimum absolute atomic E-state index is 0.0524. The minimum atomic E-state index is -0.167. The van der Waals surface area contributed by atoms with Gasteiger partial charge in [-0.1, -0.05) is 171 Å². The van der Waals surface area contributed by atoms with Crippen molar-refractivity contribution >= 4 is 39.0 Å². The fourth-order valence-corrected chi connectivity index (χ4v) is 8.53. The van der Waals surface area contributed by atoms with Crippen molar-refractivity contribution in [2.45, 2.75) is 71.6 Å². The van der Waals surface area contributed by atoms with E-state index in [-0.39, 0.29) is 16.2 Å². The van der Waals surface area contributed by atoms with Gasteiger partial charge in [-0.05, 0) is 91.7 Å². The molecule has 0 saturated carbocycles. The molecule has 0 saturated heterocycles. The van der Waals surface area contributed by atoms with E-state index in [9.17, 15) is 0 Å². The maximum Gasteiger partial charge on any atom is 0.143 e. The fourth-order valence-electron chi connectivity index (χ4n) is 8.53. The molecule has 1 heterocycles. The summed E-state index contributed by atoms with van der Waals surface area (Å²) in [5.74, 6) is 0. The second-order valence-electron chi connectivity index (χ2n) is 17.9. The molecule has 0 radical (unpaired) electrons. The highest BCUT2D eigenvalue weighted by atomic mass is 16.3.